The van der Waals surface area contributed by atoms with Crippen molar-refractivity contribution in [2.24, 2.45) is 0 Å². The standard InChI is InChI=1S/C24H26F4N2O3S/c1-23(2,25)15-20(21(31)5-4-14-29)30-22(24(26,27)28)18-8-6-16(7-9-18)17-10-12-19(13-11-17)34(3,32)33/h6-13,20,22,30H,4-5,15H2,1-3H3/t20-,22-/m0/s1. The second-order valence-corrected chi connectivity index (χ2v) is 10.7. The van der Waals surface area contributed by atoms with Crippen molar-refractivity contribution in [2.45, 2.75) is 61.9 Å². The molecule has 0 saturated heterocycles. The average Bonchev–Trinajstić information content (AvgIpc) is 2.73. The molecular weight excluding hydrogens is 472 g/mol. The Bertz CT molecular complexity index is 1130. The van der Waals surface area contributed by atoms with E-state index < -0.39 is 46.0 Å². The first kappa shape index (κ1) is 27.5. The monoisotopic (exact) mass is 498 g/mol. The molecule has 0 aliphatic heterocycles. The van der Waals surface area contributed by atoms with E-state index in [4.69, 9.17) is 5.26 Å². The molecule has 0 aliphatic rings. The van der Waals surface area contributed by atoms with E-state index in [9.17, 15) is 30.8 Å². The number of nitriles is 1. The molecule has 0 amide bonds. The predicted octanol–water partition coefficient (Wildman–Crippen LogP) is 5.33. The SMILES string of the molecule is CC(C)(F)C[C@H](N[C@@H](c1ccc(-c2ccc(S(C)(=O)=O)cc2)cc1)C(F)(F)F)C(=O)CCC#N. The third-order valence-electron chi connectivity index (χ3n) is 5.12. The molecule has 2 rings (SSSR count). The van der Waals surface area contributed by atoms with Gasteiger partial charge in [0.2, 0.25) is 0 Å². The van der Waals surface area contributed by atoms with E-state index in [1.165, 1.54) is 50.2 Å². The lowest BCUT2D eigenvalue weighted by molar-refractivity contribution is -0.161. The number of alkyl halides is 4. The summed E-state index contributed by atoms with van der Waals surface area (Å²) < 4.78 is 79.2. The number of carbonyl (C=O) groups is 1. The summed E-state index contributed by atoms with van der Waals surface area (Å²) in [7, 11) is -3.38. The third-order valence-corrected chi connectivity index (χ3v) is 6.24. The summed E-state index contributed by atoms with van der Waals surface area (Å²) in [5.74, 6) is -0.663. The quantitative estimate of drug-likeness (QED) is 0.448. The Balaban J connectivity index is 2.33. The molecule has 5 nitrogen and oxygen atoms in total. The molecule has 0 radical (unpaired) electrons. The molecule has 10 heteroatoms. The molecule has 2 aromatic rings. The van der Waals surface area contributed by atoms with Crippen LogP contribution in [0.15, 0.2) is 53.4 Å². The molecule has 1 N–H and O–H groups in total. The zero-order chi connectivity index (χ0) is 25.7. The molecule has 0 fully saturated rings. The lowest BCUT2D eigenvalue weighted by Crippen LogP contribution is -2.47. The van der Waals surface area contributed by atoms with Crippen molar-refractivity contribution in [1.82, 2.24) is 5.32 Å². The second-order valence-electron chi connectivity index (χ2n) is 8.66. The number of halogens is 4. The first-order chi connectivity index (χ1) is 15.6. The Morgan fingerprint density at radius 1 is 1.00 bits per heavy atom. The molecule has 2 aromatic carbocycles. The molecule has 0 spiro atoms. The minimum Gasteiger partial charge on any atom is -0.298 e. The van der Waals surface area contributed by atoms with Gasteiger partial charge in [0.25, 0.3) is 0 Å². The summed E-state index contributed by atoms with van der Waals surface area (Å²) in [5, 5.41) is 11.0. The van der Waals surface area contributed by atoms with Gasteiger partial charge < -0.3 is 0 Å². The maximum absolute atomic E-state index is 14.2. The maximum atomic E-state index is 14.2. The second kappa shape index (κ2) is 10.7. The number of hydrogen-bond acceptors (Lipinski definition) is 5. The Morgan fingerprint density at radius 3 is 1.91 bits per heavy atom. The van der Waals surface area contributed by atoms with Crippen LogP contribution < -0.4 is 5.32 Å². The fourth-order valence-corrected chi connectivity index (χ4v) is 4.08. The number of hydrogen-bond donors (Lipinski definition) is 1. The molecule has 184 valence electrons. The number of sulfone groups is 1. The van der Waals surface area contributed by atoms with Gasteiger partial charge in [-0.25, -0.2) is 12.8 Å². The average molecular weight is 499 g/mol. The summed E-state index contributed by atoms with van der Waals surface area (Å²) >= 11 is 0. The summed E-state index contributed by atoms with van der Waals surface area (Å²) in [6.45, 7) is 2.34. The van der Waals surface area contributed by atoms with E-state index in [1.54, 1.807) is 18.2 Å². The number of nitrogens with zero attached hydrogens (tertiary/aromatic N) is 1. The van der Waals surface area contributed by atoms with Crippen molar-refractivity contribution in [3.63, 3.8) is 0 Å². The fraction of sp³-hybridized carbons (Fsp3) is 0.417. The Kier molecular flexibility index (Phi) is 8.61. The highest BCUT2D eigenvalue weighted by atomic mass is 32.2. The van der Waals surface area contributed by atoms with Crippen LogP contribution in [0.5, 0.6) is 0 Å². The zero-order valence-electron chi connectivity index (χ0n) is 19.0. The third kappa shape index (κ3) is 7.92. The Labute approximate surface area is 196 Å². The van der Waals surface area contributed by atoms with E-state index in [1.807, 2.05) is 0 Å². The zero-order valence-corrected chi connectivity index (χ0v) is 19.8. The highest BCUT2D eigenvalue weighted by Gasteiger charge is 2.43. The summed E-state index contributed by atoms with van der Waals surface area (Å²) in [6.07, 6.45) is -4.63. The molecule has 0 bridgehead atoms. The lowest BCUT2D eigenvalue weighted by Gasteiger charge is -2.29. The molecular formula is C24H26F4N2O3S. The van der Waals surface area contributed by atoms with Crippen LogP contribution in [0, 0.1) is 11.3 Å². The van der Waals surface area contributed by atoms with Crippen LogP contribution in [-0.4, -0.2) is 38.3 Å². The molecule has 0 heterocycles. The van der Waals surface area contributed by atoms with E-state index in [0.29, 0.717) is 11.1 Å². The van der Waals surface area contributed by atoms with Gasteiger partial charge in [-0.2, -0.15) is 18.4 Å². The van der Waals surface area contributed by atoms with Crippen LogP contribution in [0.2, 0.25) is 0 Å². The van der Waals surface area contributed by atoms with Crippen molar-refractivity contribution in [1.29, 1.82) is 5.26 Å². The Hall–Kier alpha value is -2.77. The van der Waals surface area contributed by atoms with Crippen molar-refractivity contribution < 1.29 is 30.8 Å². The van der Waals surface area contributed by atoms with Gasteiger partial charge in [-0.3, -0.25) is 10.1 Å². The van der Waals surface area contributed by atoms with Gasteiger partial charge in [0.05, 0.1) is 17.0 Å². The smallest absolute Gasteiger partial charge is 0.298 e. The van der Waals surface area contributed by atoms with Gasteiger partial charge in [-0.1, -0.05) is 36.4 Å². The first-order valence-corrected chi connectivity index (χ1v) is 12.3. The Morgan fingerprint density at radius 2 is 1.50 bits per heavy atom. The molecule has 0 aromatic heterocycles. The number of ketones is 1. The van der Waals surface area contributed by atoms with Crippen LogP contribution in [0.25, 0.3) is 11.1 Å². The maximum Gasteiger partial charge on any atom is 0.407 e. The van der Waals surface area contributed by atoms with Crippen LogP contribution >= 0.6 is 0 Å². The molecule has 0 unspecified atom stereocenters. The molecule has 0 saturated carbocycles. The van der Waals surface area contributed by atoms with Crippen molar-refractivity contribution in [3.8, 4) is 17.2 Å². The van der Waals surface area contributed by atoms with Crippen LogP contribution in [0.1, 0.15) is 44.7 Å². The summed E-state index contributed by atoms with van der Waals surface area (Å²) in [4.78, 5) is 12.5. The van der Waals surface area contributed by atoms with Gasteiger partial charge in [0, 0.05) is 25.5 Å². The van der Waals surface area contributed by atoms with Crippen LogP contribution in [0.3, 0.4) is 0 Å². The lowest BCUT2D eigenvalue weighted by atomic mass is 9.93. The number of benzene rings is 2. The fourth-order valence-electron chi connectivity index (χ4n) is 3.45. The highest BCUT2D eigenvalue weighted by Crippen LogP contribution is 2.35. The van der Waals surface area contributed by atoms with Gasteiger partial charge in [0.1, 0.15) is 11.7 Å². The summed E-state index contributed by atoms with van der Waals surface area (Å²) in [6, 6.07) is 9.46. The normalized spacial score (nSPS) is 14.3. The van der Waals surface area contributed by atoms with Crippen molar-refractivity contribution in [3.05, 3.63) is 54.1 Å². The van der Waals surface area contributed by atoms with Crippen molar-refractivity contribution in [2.75, 3.05) is 6.26 Å². The topological polar surface area (TPSA) is 87.0 Å². The van der Waals surface area contributed by atoms with Gasteiger partial charge >= 0.3 is 6.18 Å². The number of nitrogens with one attached hydrogen (secondary N) is 1. The number of carbonyl (C=O) groups excluding carboxylic acids is 1. The minimum absolute atomic E-state index is 0.122. The minimum atomic E-state index is -4.77. The molecule has 34 heavy (non-hydrogen) atoms. The van der Waals surface area contributed by atoms with Gasteiger partial charge in [0.15, 0.2) is 15.6 Å². The molecule has 2 atom stereocenters. The van der Waals surface area contributed by atoms with E-state index in [0.717, 1.165) is 6.26 Å². The summed E-state index contributed by atoms with van der Waals surface area (Å²) in [5.41, 5.74) is -0.896. The van der Waals surface area contributed by atoms with E-state index in [-0.39, 0.29) is 23.3 Å². The molecule has 0 aliphatic carbocycles. The van der Waals surface area contributed by atoms with Crippen LogP contribution in [-0.2, 0) is 14.6 Å². The van der Waals surface area contributed by atoms with E-state index in [2.05, 4.69) is 5.32 Å². The first-order valence-electron chi connectivity index (χ1n) is 10.4. The number of rotatable bonds is 10. The van der Waals surface area contributed by atoms with Crippen LogP contribution in [0.4, 0.5) is 17.6 Å². The van der Waals surface area contributed by atoms with E-state index >= 15 is 0 Å². The highest BCUT2D eigenvalue weighted by molar-refractivity contribution is 7.90. The van der Waals surface area contributed by atoms with Gasteiger partial charge in [-0.15, -0.1) is 0 Å². The van der Waals surface area contributed by atoms with Gasteiger partial charge in [-0.05, 0) is 42.7 Å². The largest absolute Gasteiger partial charge is 0.407 e. The predicted molar refractivity (Wildman–Crippen MR) is 120 cm³/mol. The van der Waals surface area contributed by atoms with Crippen molar-refractivity contribution >= 4 is 15.6 Å². The number of Topliss-reactive ketones (excluding diaryl/α,β-unsaturated/α-hetero) is 1.